The van der Waals surface area contributed by atoms with Gasteiger partial charge in [0.15, 0.2) is 0 Å². The van der Waals surface area contributed by atoms with Crippen LogP contribution in [0.1, 0.15) is 18.4 Å². The highest BCUT2D eigenvalue weighted by atomic mass is 16.5. The van der Waals surface area contributed by atoms with Gasteiger partial charge in [-0.25, -0.2) is 9.78 Å². The van der Waals surface area contributed by atoms with Crippen molar-refractivity contribution in [1.29, 1.82) is 0 Å². The Morgan fingerprint density at radius 1 is 1.16 bits per heavy atom. The molecule has 4 amide bonds. The van der Waals surface area contributed by atoms with Gasteiger partial charge in [0.2, 0.25) is 5.91 Å². The van der Waals surface area contributed by atoms with E-state index in [1.54, 1.807) is 19.5 Å². The van der Waals surface area contributed by atoms with E-state index in [4.69, 9.17) is 4.74 Å². The average molecular weight is 435 g/mol. The summed E-state index contributed by atoms with van der Waals surface area (Å²) in [6, 6.07) is 13.9. The number of amides is 4. The standard InChI is InChI=1S/C23H25N5O4/c1-32-20-9-5-2-6-16(20)14-28-22(30)18(26-23(28)31)10-11-21(29)24-12-13-27-15-25-17-7-3-4-8-19(17)27/h2-9,15,18H,10-14H2,1H3,(H,24,29)(H,26,31)/t18-/m0/s1. The van der Waals surface area contributed by atoms with Crippen LogP contribution in [-0.4, -0.2) is 52.0 Å². The number of aromatic nitrogens is 2. The molecule has 4 rings (SSSR count). The van der Waals surface area contributed by atoms with Gasteiger partial charge in [0, 0.05) is 25.1 Å². The van der Waals surface area contributed by atoms with E-state index in [1.807, 2.05) is 47.0 Å². The smallest absolute Gasteiger partial charge is 0.325 e. The summed E-state index contributed by atoms with van der Waals surface area (Å²) in [5.74, 6) is 0.111. The molecule has 0 unspecified atom stereocenters. The van der Waals surface area contributed by atoms with Crippen molar-refractivity contribution < 1.29 is 19.1 Å². The molecule has 2 aromatic carbocycles. The summed E-state index contributed by atoms with van der Waals surface area (Å²) >= 11 is 0. The molecule has 1 aromatic heterocycles. The number of imide groups is 1. The second-order valence-corrected chi connectivity index (χ2v) is 7.55. The van der Waals surface area contributed by atoms with Crippen molar-refractivity contribution in [2.75, 3.05) is 13.7 Å². The molecule has 0 spiro atoms. The number of benzene rings is 2. The number of carbonyl (C=O) groups is 3. The first kappa shape index (κ1) is 21.4. The molecule has 9 heteroatoms. The number of carbonyl (C=O) groups excluding carboxylic acids is 3. The number of methoxy groups -OCH3 is 1. The Bertz CT molecular complexity index is 1140. The van der Waals surface area contributed by atoms with Crippen molar-refractivity contribution in [3.05, 3.63) is 60.4 Å². The molecule has 9 nitrogen and oxygen atoms in total. The van der Waals surface area contributed by atoms with Crippen LogP contribution in [0.15, 0.2) is 54.9 Å². The number of ether oxygens (including phenoxy) is 1. The Morgan fingerprint density at radius 3 is 2.78 bits per heavy atom. The Kier molecular flexibility index (Phi) is 6.34. The number of imidazole rings is 1. The quantitative estimate of drug-likeness (QED) is 0.501. The Morgan fingerprint density at radius 2 is 1.94 bits per heavy atom. The Labute approximate surface area is 185 Å². The molecule has 1 atom stereocenters. The van der Waals surface area contributed by atoms with Crippen molar-refractivity contribution >= 4 is 28.9 Å². The van der Waals surface area contributed by atoms with Gasteiger partial charge in [-0.1, -0.05) is 30.3 Å². The number of rotatable bonds is 9. The highest BCUT2D eigenvalue weighted by Gasteiger charge is 2.38. The third kappa shape index (κ3) is 4.56. The van der Waals surface area contributed by atoms with Crippen LogP contribution in [0.2, 0.25) is 0 Å². The van der Waals surface area contributed by atoms with Crippen LogP contribution in [0.4, 0.5) is 4.79 Å². The lowest BCUT2D eigenvalue weighted by Gasteiger charge is -2.15. The fourth-order valence-corrected chi connectivity index (χ4v) is 3.79. The van der Waals surface area contributed by atoms with Gasteiger partial charge >= 0.3 is 6.03 Å². The number of nitrogens with one attached hydrogen (secondary N) is 2. The van der Waals surface area contributed by atoms with Crippen LogP contribution < -0.4 is 15.4 Å². The molecule has 32 heavy (non-hydrogen) atoms. The van der Waals surface area contributed by atoms with Gasteiger partial charge in [0.1, 0.15) is 11.8 Å². The Hall–Kier alpha value is -3.88. The van der Waals surface area contributed by atoms with Gasteiger partial charge in [-0.3, -0.25) is 14.5 Å². The van der Waals surface area contributed by atoms with Crippen LogP contribution in [0, 0.1) is 0 Å². The van der Waals surface area contributed by atoms with E-state index >= 15 is 0 Å². The second kappa shape index (κ2) is 9.51. The number of fused-ring (bicyclic) bond motifs is 1. The molecule has 166 valence electrons. The van der Waals surface area contributed by atoms with E-state index in [0.717, 1.165) is 21.5 Å². The maximum Gasteiger partial charge on any atom is 0.325 e. The first-order valence-corrected chi connectivity index (χ1v) is 10.5. The summed E-state index contributed by atoms with van der Waals surface area (Å²) in [7, 11) is 1.54. The first-order valence-electron chi connectivity index (χ1n) is 10.5. The minimum absolute atomic E-state index is 0.121. The van der Waals surface area contributed by atoms with Crippen LogP contribution >= 0.6 is 0 Å². The first-order chi connectivity index (χ1) is 15.6. The number of nitrogens with zero attached hydrogens (tertiary/aromatic N) is 3. The molecule has 3 aromatic rings. The predicted octanol–water partition coefficient (Wildman–Crippen LogP) is 2.06. The third-order valence-electron chi connectivity index (χ3n) is 5.49. The summed E-state index contributed by atoms with van der Waals surface area (Å²) in [6.45, 7) is 1.17. The van der Waals surface area contributed by atoms with E-state index < -0.39 is 12.1 Å². The molecule has 1 aliphatic rings. The second-order valence-electron chi connectivity index (χ2n) is 7.55. The zero-order chi connectivity index (χ0) is 22.5. The molecule has 0 radical (unpaired) electrons. The van der Waals surface area contributed by atoms with Crippen molar-refractivity contribution in [2.45, 2.75) is 32.0 Å². The molecule has 1 aliphatic heterocycles. The molecular formula is C23H25N5O4. The summed E-state index contributed by atoms with van der Waals surface area (Å²) in [4.78, 5) is 42.7. The highest BCUT2D eigenvalue weighted by Crippen LogP contribution is 2.22. The van der Waals surface area contributed by atoms with Gasteiger partial charge in [-0.2, -0.15) is 0 Å². The Balaban J connectivity index is 1.25. The maximum absolute atomic E-state index is 12.7. The minimum Gasteiger partial charge on any atom is -0.496 e. The molecule has 0 aliphatic carbocycles. The van der Waals surface area contributed by atoms with Gasteiger partial charge in [0.25, 0.3) is 5.91 Å². The fourth-order valence-electron chi connectivity index (χ4n) is 3.79. The zero-order valence-corrected chi connectivity index (χ0v) is 17.8. The van der Waals surface area contributed by atoms with Gasteiger partial charge < -0.3 is 19.9 Å². The van der Waals surface area contributed by atoms with E-state index in [0.29, 0.717) is 18.8 Å². The topological polar surface area (TPSA) is 106 Å². The van der Waals surface area contributed by atoms with Crippen molar-refractivity contribution in [3.63, 3.8) is 0 Å². The molecule has 1 fully saturated rings. The van der Waals surface area contributed by atoms with E-state index in [2.05, 4.69) is 15.6 Å². The summed E-state index contributed by atoms with van der Waals surface area (Å²) in [6.07, 6.45) is 2.14. The van der Waals surface area contributed by atoms with Crippen LogP contribution in [0.25, 0.3) is 11.0 Å². The van der Waals surface area contributed by atoms with Gasteiger partial charge in [-0.05, 0) is 24.6 Å². The van der Waals surface area contributed by atoms with Crippen LogP contribution in [0.5, 0.6) is 5.75 Å². The number of hydrogen-bond donors (Lipinski definition) is 2. The maximum atomic E-state index is 12.7. The third-order valence-corrected chi connectivity index (χ3v) is 5.49. The monoisotopic (exact) mass is 435 g/mol. The van der Waals surface area contributed by atoms with Gasteiger partial charge in [0.05, 0.1) is 31.0 Å². The number of hydrogen-bond acceptors (Lipinski definition) is 5. The lowest BCUT2D eigenvalue weighted by atomic mass is 10.1. The average Bonchev–Trinajstić information content (AvgIpc) is 3.34. The number of urea groups is 1. The van der Waals surface area contributed by atoms with Crippen LogP contribution in [0.3, 0.4) is 0 Å². The lowest BCUT2D eigenvalue weighted by Crippen LogP contribution is -2.33. The SMILES string of the molecule is COc1ccccc1CN1C(=O)N[C@@H](CCC(=O)NCCn2cnc3ccccc32)C1=O. The number of para-hydroxylation sites is 3. The molecule has 2 N–H and O–H groups in total. The van der Waals surface area contributed by atoms with E-state index in [-0.39, 0.29) is 31.2 Å². The van der Waals surface area contributed by atoms with Crippen molar-refractivity contribution in [3.8, 4) is 5.75 Å². The van der Waals surface area contributed by atoms with Gasteiger partial charge in [-0.15, -0.1) is 0 Å². The van der Waals surface area contributed by atoms with E-state index in [9.17, 15) is 14.4 Å². The van der Waals surface area contributed by atoms with Crippen molar-refractivity contribution in [2.24, 2.45) is 0 Å². The molecule has 2 heterocycles. The predicted molar refractivity (Wildman–Crippen MR) is 118 cm³/mol. The molecule has 1 saturated heterocycles. The minimum atomic E-state index is -0.708. The summed E-state index contributed by atoms with van der Waals surface area (Å²) in [5.41, 5.74) is 2.66. The fraction of sp³-hybridized carbons (Fsp3) is 0.304. The molecule has 0 bridgehead atoms. The highest BCUT2D eigenvalue weighted by molar-refractivity contribution is 6.04. The van der Waals surface area contributed by atoms with E-state index in [1.165, 1.54) is 0 Å². The van der Waals surface area contributed by atoms with Crippen LogP contribution in [-0.2, 0) is 22.7 Å². The summed E-state index contributed by atoms with van der Waals surface area (Å²) in [5, 5.41) is 5.53. The largest absolute Gasteiger partial charge is 0.496 e. The molecular weight excluding hydrogens is 410 g/mol. The lowest BCUT2D eigenvalue weighted by molar-refractivity contribution is -0.128. The van der Waals surface area contributed by atoms with Crippen molar-refractivity contribution in [1.82, 2.24) is 25.1 Å². The summed E-state index contributed by atoms with van der Waals surface area (Å²) < 4.78 is 7.27. The molecule has 0 saturated carbocycles. The zero-order valence-electron chi connectivity index (χ0n) is 17.8. The normalized spacial score (nSPS) is 15.8.